The van der Waals surface area contributed by atoms with Gasteiger partial charge in [0.2, 0.25) is 0 Å². The molecule has 1 atom stereocenters. The van der Waals surface area contributed by atoms with E-state index in [0.29, 0.717) is 6.04 Å². The number of hydrogen-bond donors (Lipinski definition) is 1. The van der Waals surface area contributed by atoms with Crippen LogP contribution in [0.4, 0.5) is 4.39 Å². The predicted molar refractivity (Wildman–Crippen MR) is 64.7 cm³/mol. The van der Waals surface area contributed by atoms with Crippen molar-refractivity contribution in [2.24, 2.45) is 11.7 Å². The lowest BCUT2D eigenvalue weighted by Crippen LogP contribution is -2.28. The highest BCUT2D eigenvalue weighted by Gasteiger charge is 2.21. The van der Waals surface area contributed by atoms with Crippen LogP contribution in [0.25, 0.3) is 0 Å². The van der Waals surface area contributed by atoms with Crippen molar-refractivity contribution in [3.8, 4) is 0 Å². The molecule has 0 aromatic heterocycles. The molecule has 0 aliphatic heterocycles. The number of halogens is 1. The van der Waals surface area contributed by atoms with Gasteiger partial charge in [-0.1, -0.05) is 25.0 Å². The Labute approximate surface area is 96.9 Å². The Hall–Kier alpha value is -0.890. The molecule has 0 heterocycles. The highest BCUT2D eigenvalue weighted by atomic mass is 19.1. The van der Waals surface area contributed by atoms with E-state index in [-0.39, 0.29) is 5.82 Å². The Morgan fingerprint density at radius 2 is 1.81 bits per heavy atom. The third-order valence-electron chi connectivity index (χ3n) is 3.68. The molecule has 2 rings (SSSR count). The Balaban J connectivity index is 1.80. The summed E-state index contributed by atoms with van der Waals surface area (Å²) in [5.41, 5.74) is 7.37. The fourth-order valence-electron chi connectivity index (χ4n) is 2.61. The van der Waals surface area contributed by atoms with Gasteiger partial charge >= 0.3 is 0 Å². The molecular formula is C14H20FN. The minimum absolute atomic E-state index is 0.163. The van der Waals surface area contributed by atoms with Crippen LogP contribution in [0.5, 0.6) is 0 Å². The molecule has 1 aromatic rings. The van der Waals surface area contributed by atoms with Gasteiger partial charge in [-0.3, -0.25) is 0 Å². The fourth-order valence-corrected chi connectivity index (χ4v) is 2.61. The molecule has 0 amide bonds. The summed E-state index contributed by atoms with van der Waals surface area (Å²) in [5.74, 6) is 0.560. The highest BCUT2D eigenvalue weighted by Crippen LogP contribution is 2.28. The Bertz CT molecular complexity index is 314. The molecular weight excluding hydrogens is 201 g/mol. The van der Waals surface area contributed by atoms with E-state index in [0.717, 1.165) is 18.8 Å². The third kappa shape index (κ3) is 3.05. The van der Waals surface area contributed by atoms with Crippen molar-refractivity contribution < 1.29 is 4.39 Å². The van der Waals surface area contributed by atoms with Gasteiger partial charge in [-0.15, -0.1) is 0 Å². The van der Waals surface area contributed by atoms with Crippen molar-refractivity contribution in [1.82, 2.24) is 0 Å². The molecule has 1 unspecified atom stereocenters. The minimum atomic E-state index is -0.163. The number of nitrogens with two attached hydrogens (primary N) is 1. The summed E-state index contributed by atoms with van der Waals surface area (Å²) in [6.07, 6.45) is 7.27. The number of hydrogen-bond acceptors (Lipinski definition) is 1. The number of rotatable bonds is 4. The SMILES string of the molecule is NC(CCc1ccc(F)cc1)C1CCCC1. The van der Waals surface area contributed by atoms with E-state index in [2.05, 4.69) is 0 Å². The van der Waals surface area contributed by atoms with Crippen LogP contribution < -0.4 is 5.73 Å². The van der Waals surface area contributed by atoms with Crippen LogP contribution in [0.3, 0.4) is 0 Å². The summed E-state index contributed by atoms with van der Waals surface area (Å²) in [7, 11) is 0. The van der Waals surface area contributed by atoms with E-state index < -0.39 is 0 Å². The molecule has 0 spiro atoms. The summed E-state index contributed by atoms with van der Waals surface area (Å²) in [6.45, 7) is 0. The average molecular weight is 221 g/mol. The Morgan fingerprint density at radius 3 is 2.44 bits per heavy atom. The van der Waals surface area contributed by atoms with Crippen molar-refractivity contribution in [2.75, 3.05) is 0 Å². The van der Waals surface area contributed by atoms with E-state index in [9.17, 15) is 4.39 Å². The van der Waals surface area contributed by atoms with Crippen molar-refractivity contribution >= 4 is 0 Å². The minimum Gasteiger partial charge on any atom is -0.327 e. The molecule has 1 aromatic carbocycles. The fraction of sp³-hybridized carbons (Fsp3) is 0.571. The van der Waals surface area contributed by atoms with Gasteiger partial charge in [0, 0.05) is 6.04 Å². The van der Waals surface area contributed by atoms with Gasteiger partial charge in [0.15, 0.2) is 0 Å². The lowest BCUT2D eigenvalue weighted by atomic mass is 9.93. The molecule has 1 saturated carbocycles. The zero-order valence-corrected chi connectivity index (χ0v) is 9.66. The number of aryl methyl sites for hydroxylation is 1. The van der Waals surface area contributed by atoms with Crippen LogP contribution in [0, 0.1) is 11.7 Å². The summed E-state index contributed by atoms with van der Waals surface area (Å²) in [6, 6.07) is 7.09. The van der Waals surface area contributed by atoms with E-state index in [1.165, 1.54) is 43.4 Å². The Morgan fingerprint density at radius 1 is 1.19 bits per heavy atom. The topological polar surface area (TPSA) is 26.0 Å². The van der Waals surface area contributed by atoms with Gasteiger partial charge in [0.25, 0.3) is 0 Å². The van der Waals surface area contributed by atoms with Crippen LogP contribution in [0.1, 0.15) is 37.7 Å². The molecule has 2 heteroatoms. The van der Waals surface area contributed by atoms with Gasteiger partial charge in [-0.2, -0.15) is 0 Å². The maximum absolute atomic E-state index is 12.7. The predicted octanol–water partition coefficient (Wildman–Crippen LogP) is 3.28. The summed E-state index contributed by atoms with van der Waals surface area (Å²) in [4.78, 5) is 0. The van der Waals surface area contributed by atoms with Gasteiger partial charge in [-0.25, -0.2) is 4.39 Å². The van der Waals surface area contributed by atoms with Gasteiger partial charge < -0.3 is 5.73 Å². The molecule has 1 nitrogen and oxygen atoms in total. The average Bonchev–Trinajstić information content (AvgIpc) is 2.81. The summed E-state index contributed by atoms with van der Waals surface area (Å²) in [5, 5.41) is 0. The molecule has 1 aliphatic rings. The van der Waals surface area contributed by atoms with E-state index in [4.69, 9.17) is 5.73 Å². The molecule has 0 radical (unpaired) electrons. The van der Waals surface area contributed by atoms with Crippen molar-refractivity contribution in [3.63, 3.8) is 0 Å². The van der Waals surface area contributed by atoms with Crippen molar-refractivity contribution in [1.29, 1.82) is 0 Å². The molecule has 1 aliphatic carbocycles. The molecule has 0 bridgehead atoms. The maximum atomic E-state index is 12.7. The smallest absolute Gasteiger partial charge is 0.123 e. The zero-order valence-electron chi connectivity index (χ0n) is 9.66. The third-order valence-corrected chi connectivity index (χ3v) is 3.68. The van der Waals surface area contributed by atoms with Gasteiger partial charge in [0.1, 0.15) is 5.82 Å². The summed E-state index contributed by atoms with van der Waals surface area (Å²) >= 11 is 0. The maximum Gasteiger partial charge on any atom is 0.123 e. The quantitative estimate of drug-likeness (QED) is 0.829. The second-order valence-electron chi connectivity index (χ2n) is 4.87. The second kappa shape index (κ2) is 5.44. The molecule has 2 N–H and O–H groups in total. The van der Waals surface area contributed by atoms with E-state index in [1.807, 2.05) is 12.1 Å². The normalized spacial score (nSPS) is 18.9. The van der Waals surface area contributed by atoms with Gasteiger partial charge in [-0.05, 0) is 49.3 Å². The molecule has 16 heavy (non-hydrogen) atoms. The first kappa shape index (κ1) is 11.6. The van der Waals surface area contributed by atoms with Crippen molar-refractivity contribution in [2.45, 2.75) is 44.6 Å². The van der Waals surface area contributed by atoms with Crippen LogP contribution in [0.15, 0.2) is 24.3 Å². The van der Waals surface area contributed by atoms with Crippen LogP contribution in [-0.4, -0.2) is 6.04 Å². The zero-order chi connectivity index (χ0) is 11.4. The first-order valence-electron chi connectivity index (χ1n) is 6.26. The van der Waals surface area contributed by atoms with E-state index in [1.54, 1.807) is 0 Å². The van der Waals surface area contributed by atoms with Crippen LogP contribution >= 0.6 is 0 Å². The Kier molecular flexibility index (Phi) is 3.94. The largest absolute Gasteiger partial charge is 0.327 e. The molecule has 88 valence electrons. The van der Waals surface area contributed by atoms with Crippen LogP contribution in [-0.2, 0) is 6.42 Å². The van der Waals surface area contributed by atoms with Crippen molar-refractivity contribution in [3.05, 3.63) is 35.6 Å². The number of benzene rings is 1. The molecule has 0 saturated heterocycles. The molecule has 1 fully saturated rings. The lowest BCUT2D eigenvalue weighted by molar-refractivity contribution is 0.410. The standard InChI is InChI=1S/C14H20FN/c15-13-8-5-11(6-9-13)7-10-14(16)12-3-1-2-4-12/h5-6,8-9,12,14H,1-4,7,10,16H2. The van der Waals surface area contributed by atoms with E-state index >= 15 is 0 Å². The van der Waals surface area contributed by atoms with Gasteiger partial charge in [0.05, 0.1) is 0 Å². The summed E-state index contributed by atoms with van der Waals surface area (Å²) < 4.78 is 12.7. The first-order chi connectivity index (χ1) is 7.75. The monoisotopic (exact) mass is 221 g/mol. The second-order valence-corrected chi connectivity index (χ2v) is 4.87. The first-order valence-corrected chi connectivity index (χ1v) is 6.26. The lowest BCUT2D eigenvalue weighted by Gasteiger charge is -2.18. The highest BCUT2D eigenvalue weighted by molar-refractivity contribution is 5.16. The van der Waals surface area contributed by atoms with Crippen LogP contribution in [0.2, 0.25) is 0 Å².